The molecule has 0 aliphatic rings. The zero-order chi connectivity index (χ0) is 15.6. The van der Waals surface area contributed by atoms with Crippen LogP contribution in [0.15, 0.2) is 42.5 Å². The topological polar surface area (TPSA) is 57.6 Å². The number of rotatable bonds is 3. The smallest absolute Gasteiger partial charge is 0.335 e. The number of carbonyl (C=O) groups excluding carboxylic acids is 1. The monoisotopic (exact) mass is 291 g/mol. The number of halogens is 2. The third-order valence-electron chi connectivity index (χ3n) is 2.97. The number of hydrogen-bond donors (Lipinski definition) is 1. The molecule has 0 atom stereocenters. The molecule has 0 saturated heterocycles. The Morgan fingerprint density at radius 1 is 0.952 bits per heavy atom. The largest absolute Gasteiger partial charge is 0.478 e. The van der Waals surface area contributed by atoms with Crippen LogP contribution in [0.2, 0.25) is 0 Å². The standard InChI is InChI=1S/C15H11F2NO3/c1-18(11-5-2-9(3-6-11)15(20)21)14(19)10-4-7-12(16)13(17)8-10/h2-8H,1H3,(H,20,21). The van der Waals surface area contributed by atoms with Crippen molar-refractivity contribution in [3.63, 3.8) is 0 Å². The first kappa shape index (κ1) is 14.6. The quantitative estimate of drug-likeness (QED) is 0.946. The number of benzene rings is 2. The van der Waals surface area contributed by atoms with Crippen molar-refractivity contribution in [2.45, 2.75) is 0 Å². The number of carboxylic acid groups (broad SMARTS) is 1. The number of hydrogen-bond acceptors (Lipinski definition) is 2. The molecular formula is C15H11F2NO3. The first-order chi connectivity index (χ1) is 9.90. The molecule has 0 saturated carbocycles. The van der Waals surface area contributed by atoms with Gasteiger partial charge in [0.25, 0.3) is 5.91 Å². The molecule has 0 unspecified atom stereocenters. The lowest BCUT2D eigenvalue weighted by Gasteiger charge is -2.17. The highest BCUT2D eigenvalue weighted by Crippen LogP contribution is 2.18. The molecule has 108 valence electrons. The molecule has 0 aromatic heterocycles. The SMILES string of the molecule is CN(C(=O)c1ccc(F)c(F)c1)c1ccc(C(=O)O)cc1. The Hall–Kier alpha value is -2.76. The van der Waals surface area contributed by atoms with Crippen LogP contribution < -0.4 is 4.90 Å². The molecule has 0 spiro atoms. The lowest BCUT2D eigenvalue weighted by Crippen LogP contribution is -2.26. The fraction of sp³-hybridized carbons (Fsp3) is 0.0667. The van der Waals surface area contributed by atoms with Gasteiger partial charge in [-0.25, -0.2) is 13.6 Å². The van der Waals surface area contributed by atoms with Gasteiger partial charge >= 0.3 is 5.97 Å². The minimum absolute atomic E-state index is 0.00119. The third-order valence-corrected chi connectivity index (χ3v) is 2.97. The van der Waals surface area contributed by atoms with Gasteiger partial charge in [-0.1, -0.05) is 0 Å². The van der Waals surface area contributed by atoms with Gasteiger partial charge in [0.15, 0.2) is 11.6 Å². The molecule has 1 N–H and O–H groups in total. The number of anilines is 1. The maximum absolute atomic E-state index is 13.1. The molecule has 0 fully saturated rings. The first-order valence-electron chi connectivity index (χ1n) is 5.96. The number of nitrogens with zero attached hydrogens (tertiary/aromatic N) is 1. The van der Waals surface area contributed by atoms with Crippen molar-refractivity contribution in [1.29, 1.82) is 0 Å². The lowest BCUT2D eigenvalue weighted by molar-refractivity contribution is 0.0696. The fourth-order valence-corrected chi connectivity index (χ4v) is 1.77. The van der Waals surface area contributed by atoms with E-state index in [-0.39, 0.29) is 11.1 Å². The highest BCUT2D eigenvalue weighted by atomic mass is 19.2. The van der Waals surface area contributed by atoms with E-state index in [9.17, 15) is 18.4 Å². The molecule has 2 aromatic rings. The van der Waals surface area contributed by atoms with E-state index < -0.39 is 23.5 Å². The van der Waals surface area contributed by atoms with Crippen molar-refractivity contribution in [3.8, 4) is 0 Å². The van der Waals surface area contributed by atoms with Crippen LogP contribution in [0.25, 0.3) is 0 Å². The molecule has 0 radical (unpaired) electrons. The van der Waals surface area contributed by atoms with E-state index in [1.807, 2.05) is 0 Å². The molecule has 1 amide bonds. The van der Waals surface area contributed by atoms with E-state index in [2.05, 4.69) is 0 Å². The summed E-state index contributed by atoms with van der Waals surface area (Å²) in [6.45, 7) is 0. The molecule has 6 heteroatoms. The van der Waals surface area contributed by atoms with E-state index in [1.165, 1.54) is 42.3 Å². The van der Waals surface area contributed by atoms with Crippen molar-refractivity contribution < 1.29 is 23.5 Å². The van der Waals surface area contributed by atoms with Crippen LogP contribution >= 0.6 is 0 Å². The molecule has 0 bridgehead atoms. The molecule has 21 heavy (non-hydrogen) atoms. The summed E-state index contributed by atoms with van der Waals surface area (Å²) in [4.78, 5) is 24.1. The fourth-order valence-electron chi connectivity index (χ4n) is 1.77. The summed E-state index contributed by atoms with van der Waals surface area (Å²) in [7, 11) is 1.46. The zero-order valence-electron chi connectivity index (χ0n) is 11.0. The van der Waals surface area contributed by atoms with E-state index in [0.717, 1.165) is 12.1 Å². The maximum atomic E-state index is 13.1. The predicted molar refractivity (Wildman–Crippen MR) is 72.5 cm³/mol. The summed E-state index contributed by atoms with van der Waals surface area (Å²) in [5, 5.41) is 8.80. The maximum Gasteiger partial charge on any atom is 0.335 e. The average Bonchev–Trinajstić information content (AvgIpc) is 2.48. The van der Waals surface area contributed by atoms with Crippen LogP contribution in [0, 0.1) is 11.6 Å². The first-order valence-corrected chi connectivity index (χ1v) is 5.96. The predicted octanol–water partition coefficient (Wildman–Crippen LogP) is 2.94. The Labute approximate surface area is 119 Å². The van der Waals surface area contributed by atoms with Gasteiger partial charge in [-0.2, -0.15) is 0 Å². The minimum Gasteiger partial charge on any atom is -0.478 e. The molecule has 2 aromatic carbocycles. The molecular weight excluding hydrogens is 280 g/mol. The Morgan fingerprint density at radius 3 is 2.05 bits per heavy atom. The summed E-state index contributed by atoms with van der Waals surface area (Å²) >= 11 is 0. The molecule has 0 heterocycles. The van der Waals surface area contributed by atoms with Gasteiger partial charge in [-0.15, -0.1) is 0 Å². The molecule has 0 aliphatic carbocycles. The Balaban J connectivity index is 2.25. The second-order valence-electron chi connectivity index (χ2n) is 4.35. The van der Waals surface area contributed by atoms with Gasteiger partial charge in [-0.3, -0.25) is 4.79 Å². The summed E-state index contributed by atoms with van der Waals surface area (Å²) in [5.41, 5.74) is 0.529. The zero-order valence-corrected chi connectivity index (χ0v) is 11.0. The van der Waals surface area contributed by atoms with E-state index in [0.29, 0.717) is 5.69 Å². The summed E-state index contributed by atoms with van der Waals surface area (Å²) in [6, 6.07) is 8.51. The Bertz CT molecular complexity index is 699. The minimum atomic E-state index is -1.10. The van der Waals surface area contributed by atoms with E-state index in [1.54, 1.807) is 0 Å². The normalized spacial score (nSPS) is 10.2. The van der Waals surface area contributed by atoms with Gasteiger partial charge in [0.05, 0.1) is 5.56 Å². The van der Waals surface area contributed by atoms with Gasteiger partial charge in [-0.05, 0) is 42.5 Å². The molecule has 0 aliphatic heterocycles. The Kier molecular flexibility index (Phi) is 3.98. The lowest BCUT2D eigenvalue weighted by atomic mass is 10.1. The molecule has 4 nitrogen and oxygen atoms in total. The average molecular weight is 291 g/mol. The number of aromatic carboxylic acids is 1. The summed E-state index contributed by atoms with van der Waals surface area (Å²) < 4.78 is 26.0. The van der Waals surface area contributed by atoms with Gasteiger partial charge in [0.2, 0.25) is 0 Å². The summed E-state index contributed by atoms with van der Waals surface area (Å²) in [5.74, 6) is -3.73. The van der Waals surface area contributed by atoms with Gasteiger partial charge in [0.1, 0.15) is 0 Å². The van der Waals surface area contributed by atoms with Crippen molar-refractivity contribution in [2.75, 3.05) is 11.9 Å². The van der Waals surface area contributed by atoms with Crippen LogP contribution in [0.1, 0.15) is 20.7 Å². The third kappa shape index (κ3) is 3.05. The van der Waals surface area contributed by atoms with Crippen molar-refractivity contribution in [3.05, 3.63) is 65.2 Å². The highest BCUT2D eigenvalue weighted by molar-refractivity contribution is 6.05. The highest BCUT2D eigenvalue weighted by Gasteiger charge is 2.16. The second kappa shape index (κ2) is 5.70. The van der Waals surface area contributed by atoms with Crippen LogP contribution in [0.3, 0.4) is 0 Å². The van der Waals surface area contributed by atoms with Gasteiger partial charge < -0.3 is 10.0 Å². The van der Waals surface area contributed by atoms with Crippen LogP contribution in [-0.2, 0) is 0 Å². The number of amides is 1. The van der Waals surface area contributed by atoms with E-state index in [4.69, 9.17) is 5.11 Å². The van der Waals surface area contributed by atoms with Crippen molar-refractivity contribution in [2.24, 2.45) is 0 Å². The van der Waals surface area contributed by atoms with Gasteiger partial charge in [0, 0.05) is 18.3 Å². The van der Waals surface area contributed by atoms with Crippen LogP contribution in [-0.4, -0.2) is 24.0 Å². The molecule has 2 rings (SSSR count). The van der Waals surface area contributed by atoms with Crippen LogP contribution in [0.4, 0.5) is 14.5 Å². The van der Waals surface area contributed by atoms with E-state index >= 15 is 0 Å². The van der Waals surface area contributed by atoms with Crippen molar-refractivity contribution >= 4 is 17.6 Å². The summed E-state index contributed by atoms with van der Waals surface area (Å²) in [6.07, 6.45) is 0. The Morgan fingerprint density at radius 2 is 1.52 bits per heavy atom. The van der Waals surface area contributed by atoms with Crippen molar-refractivity contribution in [1.82, 2.24) is 0 Å². The number of carboxylic acids is 1. The van der Waals surface area contributed by atoms with Crippen LogP contribution in [0.5, 0.6) is 0 Å². The second-order valence-corrected chi connectivity index (χ2v) is 4.35. The number of carbonyl (C=O) groups is 2.